The summed E-state index contributed by atoms with van der Waals surface area (Å²) >= 11 is 0. The Kier molecular flexibility index (Phi) is 7.31. The summed E-state index contributed by atoms with van der Waals surface area (Å²) in [6.45, 7) is 0. The van der Waals surface area contributed by atoms with Crippen molar-refractivity contribution in [2.75, 3.05) is 14.1 Å². The van der Waals surface area contributed by atoms with Crippen molar-refractivity contribution < 1.29 is 38.1 Å². The van der Waals surface area contributed by atoms with Crippen LogP contribution >= 0.6 is 0 Å². The van der Waals surface area contributed by atoms with Gasteiger partial charge in [-0.15, -0.1) is 0 Å². The van der Waals surface area contributed by atoms with Crippen molar-refractivity contribution in [2.24, 2.45) is 7.05 Å². The van der Waals surface area contributed by atoms with Crippen molar-refractivity contribution in [3.63, 3.8) is 0 Å². The molecule has 5 heteroatoms. The van der Waals surface area contributed by atoms with Gasteiger partial charge in [0.15, 0.2) is 11.9 Å². The van der Waals surface area contributed by atoms with Crippen LogP contribution in [0.5, 0.6) is 5.75 Å². The molecule has 0 aliphatic rings. The molecule has 2 rings (SSSR count). The number of carbonyl (C=O) groups is 1. The van der Waals surface area contributed by atoms with Gasteiger partial charge in [0.05, 0.1) is 0 Å². The number of pyridine rings is 1. The Morgan fingerprint density at radius 3 is 2.59 bits per heavy atom. The second-order valence-corrected chi connectivity index (χ2v) is 5.21. The maximum atomic E-state index is 11.5. The van der Waals surface area contributed by atoms with Gasteiger partial charge in [-0.25, -0.2) is 9.36 Å². The fourth-order valence-corrected chi connectivity index (χ4v) is 2.05. The minimum atomic E-state index is -0.360. The second-order valence-electron chi connectivity index (χ2n) is 5.21. The van der Waals surface area contributed by atoms with Gasteiger partial charge in [-0.2, -0.15) is 0 Å². The van der Waals surface area contributed by atoms with E-state index in [9.17, 15) is 4.79 Å². The van der Waals surface area contributed by atoms with Gasteiger partial charge >= 0.3 is 6.09 Å². The van der Waals surface area contributed by atoms with Gasteiger partial charge in [-0.1, -0.05) is 18.2 Å². The number of hydrogen-bond acceptors (Lipinski definition) is 2. The highest BCUT2D eigenvalue weighted by Crippen LogP contribution is 2.15. The number of aromatic nitrogens is 1. The first-order valence-corrected chi connectivity index (χ1v) is 6.98. The van der Waals surface area contributed by atoms with Crippen LogP contribution in [0.3, 0.4) is 0 Å². The van der Waals surface area contributed by atoms with Crippen molar-refractivity contribution in [3.8, 4) is 5.75 Å². The van der Waals surface area contributed by atoms with E-state index in [1.807, 2.05) is 37.5 Å². The van der Waals surface area contributed by atoms with Crippen LogP contribution in [0.25, 0.3) is 0 Å². The summed E-state index contributed by atoms with van der Waals surface area (Å²) in [4.78, 5) is 13.0. The molecule has 22 heavy (non-hydrogen) atoms. The van der Waals surface area contributed by atoms with Crippen LogP contribution in [0.15, 0.2) is 48.7 Å². The molecule has 0 saturated heterocycles. The first-order chi connectivity index (χ1) is 10.1. The molecule has 0 aliphatic heterocycles. The van der Waals surface area contributed by atoms with E-state index >= 15 is 0 Å². The summed E-state index contributed by atoms with van der Waals surface area (Å²) in [5, 5.41) is 0. The molecule has 0 bridgehead atoms. The van der Waals surface area contributed by atoms with Gasteiger partial charge in [-0.3, -0.25) is 0 Å². The lowest BCUT2D eigenvalue weighted by molar-refractivity contribution is -0.679. The molecule has 0 spiro atoms. The Hall–Kier alpha value is -1.63. The van der Waals surface area contributed by atoms with Gasteiger partial charge in [0.1, 0.15) is 12.8 Å². The van der Waals surface area contributed by atoms with Crippen molar-refractivity contribution >= 4 is 6.09 Å². The third-order valence-corrected chi connectivity index (χ3v) is 3.30. The van der Waals surface area contributed by atoms with Crippen LogP contribution in [0.1, 0.15) is 11.3 Å². The highest BCUT2D eigenvalue weighted by Gasteiger charge is 2.08. The number of halogens is 1. The number of amides is 1. The maximum Gasteiger partial charge on any atom is 0.414 e. The first-order valence-electron chi connectivity index (χ1n) is 6.98. The van der Waals surface area contributed by atoms with E-state index in [1.54, 1.807) is 20.2 Å². The van der Waals surface area contributed by atoms with Crippen molar-refractivity contribution in [1.82, 2.24) is 4.90 Å². The Morgan fingerprint density at radius 1 is 1.14 bits per heavy atom. The normalized spacial score (nSPS) is 9.77. The monoisotopic (exact) mass is 412 g/mol. The number of hydrogen-bond donors (Lipinski definition) is 0. The molecule has 2 aromatic rings. The fourth-order valence-electron chi connectivity index (χ4n) is 2.05. The second kappa shape index (κ2) is 8.73. The number of benzene rings is 1. The average molecular weight is 412 g/mol. The quantitative estimate of drug-likeness (QED) is 0.495. The van der Waals surface area contributed by atoms with Crippen LogP contribution in [0.4, 0.5) is 4.79 Å². The molecule has 0 saturated carbocycles. The summed E-state index contributed by atoms with van der Waals surface area (Å²) < 4.78 is 7.39. The van der Waals surface area contributed by atoms with Crippen molar-refractivity contribution in [2.45, 2.75) is 12.8 Å². The molecule has 0 N–H and O–H groups in total. The molecule has 4 nitrogen and oxygen atoms in total. The molecule has 118 valence electrons. The Morgan fingerprint density at radius 2 is 1.91 bits per heavy atom. The summed E-state index contributed by atoms with van der Waals surface area (Å²) in [6, 6.07) is 13.9. The van der Waals surface area contributed by atoms with Crippen molar-refractivity contribution in [3.05, 3.63) is 59.9 Å². The van der Waals surface area contributed by atoms with Crippen LogP contribution < -0.4 is 33.3 Å². The van der Waals surface area contributed by atoms with Gasteiger partial charge in [0.2, 0.25) is 0 Å². The van der Waals surface area contributed by atoms with E-state index in [2.05, 4.69) is 16.7 Å². The highest BCUT2D eigenvalue weighted by atomic mass is 127. The fraction of sp³-hybridized carbons (Fsp3) is 0.294. The maximum absolute atomic E-state index is 11.5. The smallest absolute Gasteiger partial charge is 0.414 e. The van der Waals surface area contributed by atoms with E-state index in [4.69, 9.17) is 4.74 Å². The molecule has 0 unspecified atom stereocenters. The van der Waals surface area contributed by atoms with E-state index in [1.165, 1.54) is 10.6 Å². The van der Waals surface area contributed by atoms with Crippen LogP contribution in [0, 0.1) is 0 Å². The molecular weight excluding hydrogens is 391 g/mol. The lowest BCUT2D eigenvalue weighted by atomic mass is 10.1. The molecule has 0 atom stereocenters. The lowest BCUT2D eigenvalue weighted by Gasteiger charge is -2.11. The predicted octanol–water partition coefficient (Wildman–Crippen LogP) is -0.639. The molecule has 0 radical (unpaired) electrons. The molecular formula is C17H21IN2O2. The standard InChI is InChI=1S/C17H21N2O2.HI/c1-18(2)17(20)21-16-9-6-7-14(13-16)10-11-15-8-4-5-12-19(15)3;/h4-9,12-13H,10-11H2,1-3H3;1H/q+1;/p-1. The summed E-state index contributed by atoms with van der Waals surface area (Å²) in [6.07, 6.45) is 3.54. The number of ether oxygens (including phenoxy) is 1. The topological polar surface area (TPSA) is 33.4 Å². The van der Waals surface area contributed by atoms with Crippen LogP contribution in [-0.4, -0.2) is 25.1 Å². The average Bonchev–Trinajstić information content (AvgIpc) is 2.46. The Labute approximate surface area is 148 Å². The van der Waals surface area contributed by atoms with Gasteiger partial charge in [0.25, 0.3) is 0 Å². The summed E-state index contributed by atoms with van der Waals surface area (Å²) in [5.41, 5.74) is 2.43. The predicted molar refractivity (Wildman–Crippen MR) is 81.2 cm³/mol. The first kappa shape index (κ1) is 18.4. The molecule has 1 heterocycles. The molecule has 0 aliphatic carbocycles. The van der Waals surface area contributed by atoms with Gasteiger partial charge in [0, 0.05) is 32.6 Å². The van der Waals surface area contributed by atoms with Crippen molar-refractivity contribution in [1.29, 1.82) is 0 Å². The zero-order valence-corrected chi connectivity index (χ0v) is 15.3. The Bertz CT molecular complexity index is 630. The summed E-state index contributed by atoms with van der Waals surface area (Å²) in [7, 11) is 5.38. The third-order valence-electron chi connectivity index (χ3n) is 3.30. The van der Waals surface area contributed by atoms with E-state index < -0.39 is 0 Å². The molecule has 1 aromatic heterocycles. The molecule has 0 fully saturated rings. The Balaban J connectivity index is 0.00000242. The van der Waals surface area contributed by atoms with Crippen LogP contribution in [-0.2, 0) is 19.9 Å². The van der Waals surface area contributed by atoms with Gasteiger partial charge < -0.3 is 33.6 Å². The molecule has 1 amide bonds. The highest BCUT2D eigenvalue weighted by molar-refractivity contribution is 5.69. The molecule has 1 aromatic carbocycles. The minimum Gasteiger partial charge on any atom is -1.00 e. The lowest BCUT2D eigenvalue weighted by Crippen LogP contribution is -3.00. The number of carbonyl (C=O) groups excluding carboxylic acids is 1. The van der Waals surface area contributed by atoms with Crippen LogP contribution in [0.2, 0.25) is 0 Å². The largest absolute Gasteiger partial charge is 1.00 e. The summed E-state index contributed by atoms with van der Waals surface area (Å²) in [5.74, 6) is 0.587. The van der Waals surface area contributed by atoms with Gasteiger partial charge in [-0.05, 0) is 24.1 Å². The minimum absolute atomic E-state index is 0. The number of nitrogens with zero attached hydrogens (tertiary/aromatic N) is 2. The zero-order chi connectivity index (χ0) is 15.2. The third kappa shape index (κ3) is 5.29. The van der Waals surface area contributed by atoms with E-state index in [0.717, 1.165) is 18.4 Å². The number of rotatable bonds is 4. The van der Waals surface area contributed by atoms with E-state index in [-0.39, 0.29) is 30.1 Å². The zero-order valence-electron chi connectivity index (χ0n) is 13.1. The number of aryl methyl sites for hydroxylation is 3. The van der Waals surface area contributed by atoms with E-state index in [0.29, 0.717) is 5.75 Å². The SMILES string of the molecule is CN(C)C(=O)Oc1cccc(CCc2cccc[n+]2C)c1.[I-].